The van der Waals surface area contributed by atoms with Gasteiger partial charge in [-0.2, -0.15) is 17.0 Å². The molecule has 0 aliphatic carbocycles. The molecule has 1 heterocycles. The summed E-state index contributed by atoms with van der Waals surface area (Å²) in [6.45, 7) is 2.28. The minimum absolute atomic E-state index is 0.746. The normalized spacial score (nSPS) is 32.0. The number of nitrogens with zero attached hydrogens (tertiary/aromatic N) is 1. The van der Waals surface area contributed by atoms with E-state index in [1.165, 1.54) is 12.2 Å². The zero-order chi connectivity index (χ0) is 7.40. The fourth-order valence-corrected chi connectivity index (χ4v) is 2.76. The summed E-state index contributed by atoms with van der Waals surface area (Å²) >= 11 is 2.05. The Labute approximate surface area is 66.8 Å². The summed E-state index contributed by atoms with van der Waals surface area (Å²) in [4.78, 5) is 0. The maximum absolute atomic E-state index is 8.36. The van der Waals surface area contributed by atoms with E-state index in [9.17, 15) is 0 Å². The SMILES string of the molecule is CC1SCCC1CCC#N. The van der Waals surface area contributed by atoms with E-state index in [-0.39, 0.29) is 0 Å². The van der Waals surface area contributed by atoms with Gasteiger partial charge in [-0.3, -0.25) is 0 Å². The second-order valence-corrected chi connectivity index (χ2v) is 4.31. The van der Waals surface area contributed by atoms with Crippen LogP contribution in [0.25, 0.3) is 0 Å². The fourth-order valence-electron chi connectivity index (χ4n) is 1.41. The lowest BCUT2D eigenvalue weighted by atomic mass is 9.98. The molecule has 0 radical (unpaired) electrons. The molecule has 1 aliphatic heterocycles. The van der Waals surface area contributed by atoms with Crippen LogP contribution in [0.15, 0.2) is 0 Å². The topological polar surface area (TPSA) is 23.8 Å². The zero-order valence-electron chi connectivity index (χ0n) is 6.34. The molecule has 1 aliphatic rings. The van der Waals surface area contributed by atoms with Gasteiger partial charge in [-0.1, -0.05) is 6.92 Å². The van der Waals surface area contributed by atoms with E-state index in [4.69, 9.17) is 5.26 Å². The third-order valence-electron chi connectivity index (χ3n) is 2.16. The molecule has 2 atom stereocenters. The van der Waals surface area contributed by atoms with Crippen LogP contribution in [-0.2, 0) is 0 Å². The highest BCUT2D eigenvalue weighted by Crippen LogP contribution is 2.34. The van der Waals surface area contributed by atoms with Crippen molar-refractivity contribution < 1.29 is 0 Å². The van der Waals surface area contributed by atoms with Crippen molar-refractivity contribution in [3.63, 3.8) is 0 Å². The Morgan fingerprint density at radius 3 is 3.00 bits per heavy atom. The first kappa shape index (κ1) is 7.94. The molecule has 0 N–H and O–H groups in total. The molecule has 0 amide bonds. The van der Waals surface area contributed by atoms with Crippen LogP contribution in [-0.4, -0.2) is 11.0 Å². The molecule has 2 unspecified atom stereocenters. The van der Waals surface area contributed by atoms with Crippen molar-refractivity contribution in [2.24, 2.45) is 5.92 Å². The first-order valence-corrected chi connectivity index (χ1v) is 4.88. The first-order valence-electron chi connectivity index (χ1n) is 3.83. The molecule has 0 saturated carbocycles. The molecular formula is C8H13NS. The van der Waals surface area contributed by atoms with Crippen molar-refractivity contribution in [2.45, 2.75) is 31.4 Å². The van der Waals surface area contributed by atoms with Gasteiger partial charge in [0.25, 0.3) is 0 Å². The van der Waals surface area contributed by atoms with E-state index in [1.807, 2.05) is 11.8 Å². The largest absolute Gasteiger partial charge is 0.198 e. The summed E-state index contributed by atoms with van der Waals surface area (Å²) in [6.07, 6.45) is 3.19. The van der Waals surface area contributed by atoms with Gasteiger partial charge >= 0.3 is 0 Å². The quantitative estimate of drug-likeness (QED) is 0.611. The summed E-state index contributed by atoms with van der Waals surface area (Å²) in [5, 5.41) is 9.16. The van der Waals surface area contributed by atoms with E-state index in [0.717, 1.165) is 24.0 Å². The molecule has 1 saturated heterocycles. The van der Waals surface area contributed by atoms with Crippen molar-refractivity contribution in [1.82, 2.24) is 0 Å². The predicted molar refractivity (Wildman–Crippen MR) is 44.9 cm³/mol. The van der Waals surface area contributed by atoms with E-state index >= 15 is 0 Å². The smallest absolute Gasteiger partial charge is 0.0621 e. The summed E-state index contributed by atoms with van der Waals surface area (Å²) < 4.78 is 0. The molecule has 0 bridgehead atoms. The minimum Gasteiger partial charge on any atom is -0.198 e. The van der Waals surface area contributed by atoms with Crippen molar-refractivity contribution in [1.29, 1.82) is 5.26 Å². The van der Waals surface area contributed by atoms with Gasteiger partial charge in [-0.15, -0.1) is 0 Å². The summed E-state index contributed by atoms with van der Waals surface area (Å²) in [6, 6.07) is 2.21. The predicted octanol–water partition coefficient (Wildman–Crippen LogP) is 2.43. The summed E-state index contributed by atoms with van der Waals surface area (Å²) in [7, 11) is 0. The third-order valence-corrected chi connectivity index (χ3v) is 3.54. The Morgan fingerprint density at radius 1 is 1.70 bits per heavy atom. The van der Waals surface area contributed by atoms with E-state index < -0.39 is 0 Å². The molecule has 2 heteroatoms. The maximum atomic E-state index is 8.36. The Hall–Kier alpha value is -0.160. The second-order valence-electron chi connectivity index (χ2n) is 2.82. The van der Waals surface area contributed by atoms with Crippen LogP contribution in [0.1, 0.15) is 26.2 Å². The number of nitriles is 1. The molecule has 1 fully saturated rings. The molecule has 0 aromatic heterocycles. The highest BCUT2D eigenvalue weighted by Gasteiger charge is 2.22. The van der Waals surface area contributed by atoms with Crippen molar-refractivity contribution >= 4 is 11.8 Å². The number of hydrogen-bond donors (Lipinski definition) is 0. The van der Waals surface area contributed by atoms with E-state index in [2.05, 4.69) is 13.0 Å². The van der Waals surface area contributed by atoms with Gasteiger partial charge in [0.1, 0.15) is 0 Å². The van der Waals surface area contributed by atoms with E-state index in [0.29, 0.717) is 0 Å². The molecular weight excluding hydrogens is 142 g/mol. The average Bonchev–Trinajstić information content (AvgIpc) is 2.31. The molecule has 56 valence electrons. The van der Waals surface area contributed by atoms with Gasteiger partial charge in [0.15, 0.2) is 0 Å². The molecule has 1 rings (SSSR count). The molecule has 0 aromatic carbocycles. The molecule has 0 spiro atoms. The van der Waals surface area contributed by atoms with Crippen LogP contribution in [0.2, 0.25) is 0 Å². The van der Waals surface area contributed by atoms with E-state index in [1.54, 1.807) is 0 Å². The Kier molecular flexibility index (Phi) is 3.08. The second kappa shape index (κ2) is 3.88. The lowest BCUT2D eigenvalue weighted by molar-refractivity contribution is 0.497. The summed E-state index contributed by atoms with van der Waals surface area (Å²) in [5.41, 5.74) is 0. The fraction of sp³-hybridized carbons (Fsp3) is 0.875. The van der Waals surface area contributed by atoms with Crippen LogP contribution in [0.3, 0.4) is 0 Å². The number of hydrogen-bond acceptors (Lipinski definition) is 2. The summed E-state index contributed by atoms with van der Waals surface area (Å²) in [5.74, 6) is 2.13. The van der Waals surface area contributed by atoms with Gasteiger partial charge in [-0.05, 0) is 24.5 Å². The molecule has 1 nitrogen and oxygen atoms in total. The van der Waals surface area contributed by atoms with Crippen LogP contribution >= 0.6 is 11.8 Å². The van der Waals surface area contributed by atoms with Crippen LogP contribution in [0.5, 0.6) is 0 Å². The van der Waals surface area contributed by atoms with Gasteiger partial charge in [0.2, 0.25) is 0 Å². The van der Waals surface area contributed by atoms with Crippen molar-refractivity contribution in [3.8, 4) is 6.07 Å². The standard InChI is InChI=1S/C8H13NS/c1-7-8(3-2-5-9)4-6-10-7/h7-8H,2-4,6H2,1H3. The van der Waals surface area contributed by atoms with Crippen molar-refractivity contribution in [3.05, 3.63) is 0 Å². The number of thioether (sulfide) groups is 1. The third kappa shape index (κ3) is 1.91. The Morgan fingerprint density at radius 2 is 2.50 bits per heavy atom. The van der Waals surface area contributed by atoms with Gasteiger partial charge in [-0.25, -0.2) is 0 Å². The van der Waals surface area contributed by atoms with Crippen LogP contribution in [0, 0.1) is 17.2 Å². The number of rotatable bonds is 2. The highest BCUT2D eigenvalue weighted by molar-refractivity contribution is 8.00. The van der Waals surface area contributed by atoms with Gasteiger partial charge < -0.3 is 0 Å². The molecule has 10 heavy (non-hydrogen) atoms. The molecule has 0 aromatic rings. The van der Waals surface area contributed by atoms with Gasteiger partial charge in [0.05, 0.1) is 6.07 Å². The highest BCUT2D eigenvalue weighted by atomic mass is 32.2. The zero-order valence-corrected chi connectivity index (χ0v) is 7.16. The Balaban J connectivity index is 2.21. The van der Waals surface area contributed by atoms with Crippen LogP contribution < -0.4 is 0 Å². The Bertz CT molecular complexity index is 139. The van der Waals surface area contributed by atoms with Gasteiger partial charge in [0, 0.05) is 11.7 Å². The lowest BCUT2D eigenvalue weighted by Gasteiger charge is -2.10. The van der Waals surface area contributed by atoms with Crippen molar-refractivity contribution in [2.75, 3.05) is 5.75 Å². The lowest BCUT2D eigenvalue weighted by Crippen LogP contribution is -2.06. The average molecular weight is 155 g/mol. The maximum Gasteiger partial charge on any atom is 0.0621 e. The van der Waals surface area contributed by atoms with Crippen LogP contribution in [0.4, 0.5) is 0 Å². The monoisotopic (exact) mass is 155 g/mol. The first-order chi connectivity index (χ1) is 4.84. The minimum atomic E-state index is 0.746.